The zero-order valence-electron chi connectivity index (χ0n) is 21.3. The Bertz CT molecular complexity index is 1230. The second-order valence-electron chi connectivity index (χ2n) is 9.84. The maximum atomic E-state index is 13.6. The van der Waals surface area contributed by atoms with E-state index in [0.29, 0.717) is 28.7 Å². The minimum Gasteiger partial charge on any atom is -0.447 e. The van der Waals surface area contributed by atoms with Gasteiger partial charge in [-0.1, -0.05) is 0 Å². The second kappa shape index (κ2) is 10.1. The van der Waals surface area contributed by atoms with E-state index in [1.165, 1.54) is 11.0 Å². The van der Waals surface area contributed by atoms with Crippen LogP contribution < -0.4 is 10.2 Å². The molecule has 1 amide bonds. The third kappa shape index (κ3) is 5.76. The summed E-state index contributed by atoms with van der Waals surface area (Å²) in [6.07, 6.45) is 4.16. The largest absolute Gasteiger partial charge is 0.447 e. The van der Waals surface area contributed by atoms with Crippen molar-refractivity contribution in [3.05, 3.63) is 59.9 Å². The highest BCUT2D eigenvalue weighted by Gasteiger charge is 2.40. The highest BCUT2D eigenvalue weighted by molar-refractivity contribution is 5.89. The molecule has 1 aliphatic heterocycles. The van der Waals surface area contributed by atoms with Crippen LogP contribution in [0.5, 0.6) is 0 Å². The SMILES string of the molecule is Cc1cc(-c2cnc([C@H](C)Nc3nccc(N4C(=O)OC[C@@H]4[C@@H](C)OC(C)(C)C)n3)cn2)ccc1F. The minimum atomic E-state index is -0.473. The summed E-state index contributed by atoms with van der Waals surface area (Å²) in [6, 6.07) is 5.93. The van der Waals surface area contributed by atoms with Gasteiger partial charge in [0.25, 0.3) is 0 Å². The lowest BCUT2D eigenvalue weighted by molar-refractivity contribution is -0.0618. The zero-order valence-corrected chi connectivity index (χ0v) is 21.3. The number of carbonyl (C=O) groups excluding carboxylic acids is 1. The van der Waals surface area contributed by atoms with Crippen molar-refractivity contribution in [2.75, 3.05) is 16.8 Å². The van der Waals surface area contributed by atoms with Gasteiger partial charge in [0.2, 0.25) is 5.95 Å². The van der Waals surface area contributed by atoms with E-state index >= 15 is 0 Å². The van der Waals surface area contributed by atoms with Gasteiger partial charge in [-0.3, -0.25) is 14.9 Å². The van der Waals surface area contributed by atoms with Crippen LogP contribution in [0.25, 0.3) is 11.3 Å². The molecule has 0 aliphatic carbocycles. The number of cyclic esters (lactones) is 1. The summed E-state index contributed by atoms with van der Waals surface area (Å²) in [4.78, 5) is 31.9. The number of halogens is 1. The van der Waals surface area contributed by atoms with E-state index in [4.69, 9.17) is 9.47 Å². The molecule has 4 rings (SSSR count). The first-order valence-corrected chi connectivity index (χ1v) is 11.8. The number of aromatic nitrogens is 4. The summed E-state index contributed by atoms with van der Waals surface area (Å²) >= 11 is 0. The molecule has 0 saturated carbocycles. The van der Waals surface area contributed by atoms with Crippen LogP contribution in [0, 0.1) is 12.7 Å². The van der Waals surface area contributed by atoms with E-state index < -0.39 is 6.09 Å². The van der Waals surface area contributed by atoms with Crippen LogP contribution in [0.1, 0.15) is 51.9 Å². The molecular weight excluding hydrogens is 463 g/mol. The Balaban J connectivity index is 1.48. The molecule has 3 atom stereocenters. The average Bonchev–Trinajstić information content (AvgIpc) is 3.21. The second-order valence-corrected chi connectivity index (χ2v) is 9.84. The molecule has 10 heteroatoms. The molecule has 0 radical (unpaired) electrons. The molecule has 1 aliphatic rings. The van der Waals surface area contributed by atoms with E-state index in [1.54, 1.807) is 43.7 Å². The van der Waals surface area contributed by atoms with Crippen molar-refractivity contribution < 1.29 is 18.7 Å². The Morgan fingerprint density at radius 1 is 1.17 bits per heavy atom. The molecule has 1 fully saturated rings. The average molecular weight is 495 g/mol. The van der Waals surface area contributed by atoms with Crippen molar-refractivity contribution in [2.45, 2.75) is 65.3 Å². The minimum absolute atomic E-state index is 0.217. The number of anilines is 2. The molecule has 3 aromatic rings. The Morgan fingerprint density at radius 3 is 2.61 bits per heavy atom. The van der Waals surface area contributed by atoms with Crippen LogP contribution in [0.2, 0.25) is 0 Å². The number of rotatable bonds is 7. The Hall–Kier alpha value is -3.66. The van der Waals surface area contributed by atoms with Crippen molar-refractivity contribution in [1.29, 1.82) is 0 Å². The predicted octanol–water partition coefficient (Wildman–Crippen LogP) is 5.08. The number of ether oxygens (including phenoxy) is 2. The molecule has 0 bridgehead atoms. The Morgan fingerprint density at radius 2 is 1.94 bits per heavy atom. The van der Waals surface area contributed by atoms with Crippen LogP contribution in [-0.2, 0) is 9.47 Å². The smallest absolute Gasteiger partial charge is 0.416 e. The predicted molar refractivity (Wildman–Crippen MR) is 134 cm³/mol. The normalized spacial score (nSPS) is 17.6. The van der Waals surface area contributed by atoms with E-state index in [-0.39, 0.29) is 36.2 Å². The summed E-state index contributed by atoms with van der Waals surface area (Å²) < 4.78 is 24.9. The highest BCUT2D eigenvalue weighted by Crippen LogP contribution is 2.27. The molecule has 3 heterocycles. The summed E-state index contributed by atoms with van der Waals surface area (Å²) in [6.45, 7) is 11.7. The molecular formula is C26H31FN6O3. The lowest BCUT2D eigenvalue weighted by Crippen LogP contribution is -2.45. The maximum Gasteiger partial charge on any atom is 0.416 e. The summed E-state index contributed by atoms with van der Waals surface area (Å²) in [7, 11) is 0. The van der Waals surface area contributed by atoms with E-state index in [9.17, 15) is 9.18 Å². The van der Waals surface area contributed by atoms with Crippen LogP contribution in [-0.4, -0.2) is 50.4 Å². The van der Waals surface area contributed by atoms with Gasteiger partial charge in [-0.05, 0) is 71.4 Å². The number of nitrogens with one attached hydrogen (secondary N) is 1. The molecule has 190 valence electrons. The van der Waals surface area contributed by atoms with Gasteiger partial charge in [-0.15, -0.1) is 0 Å². The monoisotopic (exact) mass is 494 g/mol. The van der Waals surface area contributed by atoms with E-state index in [1.807, 2.05) is 34.6 Å². The first-order chi connectivity index (χ1) is 17.0. The maximum absolute atomic E-state index is 13.6. The third-order valence-electron chi connectivity index (χ3n) is 5.79. The van der Waals surface area contributed by atoms with Crippen LogP contribution >= 0.6 is 0 Å². The lowest BCUT2D eigenvalue weighted by Gasteiger charge is -2.31. The fourth-order valence-corrected chi connectivity index (χ4v) is 4.02. The highest BCUT2D eigenvalue weighted by atomic mass is 19.1. The number of hydrogen-bond acceptors (Lipinski definition) is 8. The third-order valence-corrected chi connectivity index (χ3v) is 5.79. The van der Waals surface area contributed by atoms with Crippen LogP contribution in [0.15, 0.2) is 42.9 Å². The van der Waals surface area contributed by atoms with Gasteiger partial charge in [0, 0.05) is 11.8 Å². The first kappa shape index (κ1) is 25.4. The van der Waals surface area contributed by atoms with Crippen molar-refractivity contribution in [3.8, 4) is 11.3 Å². The van der Waals surface area contributed by atoms with Crippen molar-refractivity contribution in [1.82, 2.24) is 19.9 Å². The van der Waals surface area contributed by atoms with Gasteiger partial charge in [0.15, 0.2) is 0 Å². The van der Waals surface area contributed by atoms with Crippen LogP contribution in [0.3, 0.4) is 0 Å². The van der Waals surface area contributed by atoms with Crippen molar-refractivity contribution >= 4 is 17.9 Å². The van der Waals surface area contributed by atoms with E-state index in [0.717, 1.165) is 5.56 Å². The molecule has 36 heavy (non-hydrogen) atoms. The number of amides is 1. The number of nitrogens with zero attached hydrogens (tertiary/aromatic N) is 5. The van der Waals surface area contributed by atoms with Crippen LogP contribution in [0.4, 0.5) is 21.0 Å². The quantitative estimate of drug-likeness (QED) is 0.485. The molecule has 9 nitrogen and oxygen atoms in total. The van der Waals surface area contributed by atoms with E-state index in [2.05, 4.69) is 25.3 Å². The molecule has 0 spiro atoms. The number of hydrogen-bond donors (Lipinski definition) is 1. The zero-order chi connectivity index (χ0) is 26.0. The molecule has 1 aromatic carbocycles. The van der Waals surface area contributed by atoms with Gasteiger partial charge >= 0.3 is 6.09 Å². The molecule has 0 unspecified atom stereocenters. The summed E-state index contributed by atoms with van der Waals surface area (Å²) in [5.74, 6) is 0.501. The Labute approximate surface area is 210 Å². The van der Waals surface area contributed by atoms with Gasteiger partial charge in [0.05, 0.1) is 41.5 Å². The standard InChI is InChI=1S/C26H31FN6O3/c1-15-11-18(7-8-19(15)27)21-13-29-20(12-30-21)16(2)31-24-28-10-9-23(32-24)33-22(14-35-25(33)34)17(3)36-26(4,5)6/h7-13,16-17,22H,14H2,1-6H3,(H,28,31,32)/t16-,17+,22+/m0/s1. The number of benzene rings is 1. The van der Waals surface area contributed by atoms with Crippen molar-refractivity contribution in [3.63, 3.8) is 0 Å². The van der Waals surface area contributed by atoms with Gasteiger partial charge in [-0.2, -0.15) is 4.98 Å². The van der Waals surface area contributed by atoms with Gasteiger partial charge < -0.3 is 14.8 Å². The number of carbonyl (C=O) groups is 1. The first-order valence-electron chi connectivity index (χ1n) is 11.8. The molecule has 1 N–H and O–H groups in total. The van der Waals surface area contributed by atoms with Gasteiger partial charge in [-0.25, -0.2) is 14.2 Å². The molecule has 2 aromatic heterocycles. The summed E-state index contributed by atoms with van der Waals surface area (Å²) in [5, 5.41) is 3.21. The lowest BCUT2D eigenvalue weighted by atomic mass is 10.1. The molecule has 1 saturated heterocycles. The van der Waals surface area contributed by atoms with Gasteiger partial charge in [0.1, 0.15) is 24.3 Å². The topological polar surface area (TPSA) is 102 Å². The Kier molecular flexibility index (Phi) is 7.16. The fourth-order valence-electron chi connectivity index (χ4n) is 4.02. The summed E-state index contributed by atoms with van der Waals surface area (Å²) in [5.41, 5.74) is 2.31. The van der Waals surface area contributed by atoms with Crippen molar-refractivity contribution in [2.24, 2.45) is 0 Å². The fraction of sp³-hybridized carbons (Fsp3) is 0.423. The number of aryl methyl sites for hydroxylation is 1.